The average Bonchev–Trinajstić information content (AvgIpc) is 2.98. The Balaban J connectivity index is 1.31. The molecule has 2 N–H and O–H groups in total. The fourth-order valence-electron chi connectivity index (χ4n) is 5.66. The number of aryl methyl sites for hydroxylation is 1. The predicted molar refractivity (Wildman–Crippen MR) is 153 cm³/mol. The largest absolute Gasteiger partial charge is 0.393 e. The van der Waals surface area contributed by atoms with Gasteiger partial charge in [0, 0.05) is 50.4 Å². The molecule has 0 atom stereocenters. The van der Waals surface area contributed by atoms with E-state index >= 15 is 0 Å². The fourth-order valence-corrected chi connectivity index (χ4v) is 5.66. The zero-order valence-corrected chi connectivity index (χ0v) is 22.7. The van der Waals surface area contributed by atoms with Gasteiger partial charge in [0.2, 0.25) is 5.91 Å². The summed E-state index contributed by atoms with van der Waals surface area (Å²) in [7, 11) is 0. The second-order valence-electron chi connectivity index (χ2n) is 11.0. The van der Waals surface area contributed by atoms with Gasteiger partial charge in [0.25, 0.3) is 11.5 Å². The summed E-state index contributed by atoms with van der Waals surface area (Å²) in [6.07, 6.45) is 4.01. The highest BCUT2D eigenvalue weighted by atomic mass is 16.3. The number of nitrogens with zero attached hydrogens (tertiary/aromatic N) is 3. The molecule has 3 heterocycles. The number of piperidine rings is 2. The van der Waals surface area contributed by atoms with E-state index in [1.807, 2.05) is 60.7 Å². The molecule has 210 valence electrons. The number of likely N-dealkylation sites (tertiary alicyclic amines) is 2. The van der Waals surface area contributed by atoms with Crippen LogP contribution in [0, 0.1) is 0 Å². The molecule has 0 aliphatic carbocycles. The van der Waals surface area contributed by atoms with Gasteiger partial charge in [0.15, 0.2) is 0 Å². The standard InChI is InChI=1S/C32H37N3O5/c36-26-13-17-34(18-14-26)31(39)28-22-35(30(38)21-27(28)25-9-5-2-6-10-25)23-32(40)15-19-33(20-16-32)29(37)12-11-24-7-3-1-4-8-24/h1-10,21-22,26,36,40H,11-20,23H2. The average molecular weight is 544 g/mol. The Hall–Kier alpha value is -3.75. The molecule has 2 aliphatic rings. The Labute approximate surface area is 234 Å². The Kier molecular flexibility index (Phi) is 8.47. The highest BCUT2D eigenvalue weighted by Crippen LogP contribution is 2.28. The van der Waals surface area contributed by atoms with Crippen LogP contribution < -0.4 is 5.56 Å². The molecular weight excluding hydrogens is 506 g/mol. The van der Waals surface area contributed by atoms with Gasteiger partial charge in [-0.1, -0.05) is 60.7 Å². The van der Waals surface area contributed by atoms with Gasteiger partial charge in [-0.3, -0.25) is 14.4 Å². The van der Waals surface area contributed by atoms with E-state index in [0.717, 1.165) is 11.1 Å². The summed E-state index contributed by atoms with van der Waals surface area (Å²) in [5.41, 5.74) is 1.40. The summed E-state index contributed by atoms with van der Waals surface area (Å²) in [5.74, 6) is -0.125. The molecule has 8 nitrogen and oxygen atoms in total. The van der Waals surface area contributed by atoms with E-state index in [1.54, 1.807) is 16.0 Å². The number of aromatic nitrogens is 1. The van der Waals surface area contributed by atoms with E-state index < -0.39 is 11.7 Å². The minimum atomic E-state index is -1.16. The topological polar surface area (TPSA) is 103 Å². The first-order valence-corrected chi connectivity index (χ1v) is 14.1. The van der Waals surface area contributed by atoms with Crippen molar-refractivity contribution in [1.82, 2.24) is 14.4 Å². The van der Waals surface area contributed by atoms with Gasteiger partial charge >= 0.3 is 0 Å². The van der Waals surface area contributed by atoms with Crippen molar-refractivity contribution >= 4 is 11.8 Å². The lowest BCUT2D eigenvalue weighted by Crippen LogP contribution is -2.49. The van der Waals surface area contributed by atoms with Crippen LogP contribution in [-0.2, 0) is 17.8 Å². The van der Waals surface area contributed by atoms with Crippen molar-refractivity contribution in [2.45, 2.75) is 56.8 Å². The van der Waals surface area contributed by atoms with Crippen LogP contribution in [0.15, 0.2) is 77.7 Å². The number of hydrogen-bond acceptors (Lipinski definition) is 5. The van der Waals surface area contributed by atoms with Crippen molar-refractivity contribution in [2.24, 2.45) is 0 Å². The minimum Gasteiger partial charge on any atom is -0.393 e. The van der Waals surface area contributed by atoms with Gasteiger partial charge < -0.3 is 24.6 Å². The number of rotatable bonds is 7. The highest BCUT2D eigenvalue weighted by molar-refractivity contribution is 6.00. The third kappa shape index (κ3) is 6.51. The van der Waals surface area contributed by atoms with Crippen LogP contribution in [0.25, 0.3) is 11.1 Å². The maximum Gasteiger partial charge on any atom is 0.255 e. The summed E-state index contributed by atoms with van der Waals surface area (Å²) in [5, 5.41) is 21.3. The quantitative estimate of drug-likeness (QED) is 0.477. The van der Waals surface area contributed by atoms with E-state index in [4.69, 9.17) is 0 Å². The first-order valence-electron chi connectivity index (χ1n) is 14.1. The van der Waals surface area contributed by atoms with Crippen molar-refractivity contribution < 1.29 is 19.8 Å². The number of carbonyl (C=O) groups excluding carboxylic acids is 2. The summed E-state index contributed by atoms with van der Waals surface area (Å²) in [6.45, 7) is 1.79. The third-order valence-electron chi connectivity index (χ3n) is 8.17. The monoisotopic (exact) mass is 543 g/mol. The van der Waals surface area contributed by atoms with Crippen molar-refractivity contribution in [3.63, 3.8) is 0 Å². The Morgan fingerprint density at radius 3 is 2.15 bits per heavy atom. The molecule has 2 aromatic carbocycles. The highest BCUT2D eigenvalue weighted by Gasteiger charge is 2.35. The van der Waals surface area contributed by atoms with Gasteiger partial charge in [-0.25, -0.2) is 0 Å². The Morgan fingerprint density at radius 1 is 0.875 bits per heavy atom. The summed E-state index contributed by atoms with van der Waals surface area (Å²) in [6, 6.07) is 20.7. The van der Waals surface area contributed by atoms with Crippen molar-refractivity contribution in [2.75, 3.05) is 26.2 Å². The zero-order valence-electron chi connectivity index (χ0n) is 22.7. The molecule has 2 amide bonds. The molecule has 3 aromatic rings. The van der Waals surface area contributed by atoms with E-state index in [9.17, 15) is 24.6 Å². The molecule has 2 fully saturated rings. The summed E-state index contributed by atoms with van der Waals surface area (Å²) >= 11 is 0. The van der Waals surface area contributed by atoms with Crippen molar-refractivity contribution in [3.05, 3.63) is 94.4 Å². The molecule has 0 bridgehead atoms. The smallest absolute Gasteiger partial charge is 0.255 e. The first-order chi connectivity index (χ1) is 19.3. The van der Waals surface area contributed by atoms with Crippen LogP contribution in [0.3, 0.4) is 0 Å². The van der Waals surface area contributed by atoms with Crippen LogP contribution in [-0.4, -0.2) is 74.3 Å². The maximum absolute atomic E-state index is 13.6. The first kappa shape index (κ1) is 27.8. The van der Waals surface area contributed by atoms with Crippen LogP contribution in [0.4, 0.5) is 0 Å². The molecule has 2 saturated heterocycles. The molecule has 2 aliphatic heterocycles. The number of pyridine rings is 1. The van der Waals surface area contributed by atoms with Gasteiger partial charge in [0.05, 0.1) is 23.8 Å². The molecule has 0 radical (unpaired) electrons. The molecule has 40 heavy (non-hydrogen) atoms. The van der Waals surface area contributed by atoms with E-state index in [1.165, 1.54) is 10.6 Å². The SMILES string of the molecule is O=C(CCc1ccccc1)N1CCC(O)(Cn2cc(C(=O)N3CCC(O)CC3)c(-c3ccccc3)cc2=O)CC1. The lowest BCUT2D eigenvalue weighted by molar-refractivity contribution is -0.135. The number of carbonyl (C=O) groups is 2. The molecule has 8 heteroatoms. The van der Waals surface area contributed by atoms with E-state index in [0.29, 0.717) is 75.8 Å². The molecule has 0 spiro atoms. The van der Waals surface area contributed by atoms with Gasteiger partial charge in [-0.2, -0.15) is 0 Å². The Bertz CT molecular complexity index is 1370. The number of amides is 2. The third-order valence-corrected chi connectivity index (χ3v) is 8.17. The number of aliphatic hydroxyl groups is 2. The van der Waals surface area contributed by atoms with E-state index in [-0.39, 0.29) is 23.9 Å². The summed E-state index contributed by atoms with van der Waals surface area (Å²) in [4.78, 5) is 43.2. The molecule has 0 saturated carbocycles. The second-order valence-corrected chi connectivity index (χ2v) is 11.0. The van der Waals surface area contributed by atoms with Crippen molar-refractivity contribution in [3.8, 4) is 11.1 Å². The second kappa shape index (κ2) is 12.2. The molecule has 1 aromatic heterocycles. The number of hydrogen-bond donors (Lipinski definition) is 2. The molecule has 5 rings (SSSR count). The lowest BCUT2D eigenvalue weighted by atomic mass is 9.90. The van der Waals surface area contributed by atoms with Crippen LogP contribution in [0.1, 0.15) is 48.0 Å². The lowest BCUT2D eigenvalue weighted by Gasteiger charge is -2.38. The zero-order chi connectivity index (χ0) is 28.1. The van der Waals surface area contributed by atoms with Gasteiger partial charge in [-0.05, 0) is 43.2 Å². The maximum atomic E-state index is 13.6. The van der Waals surface area contributed by atoms with Gasteiger partial charge in [0.1, 0.15) is 0 Å². The molecular formula is C32H37N3O5. The fraction of sp³-hybridized carbons (Fsp3) is 0.406. The van der Waals surface area contributed by atoms with Gasteiger partial charge in [-0.15, -0.1) is 0 Å². The number of aliphatic hydroxyl groups excluding tert-OH is 1. The Morgan fingerprint density at radius 2 is 1.50 bits per heavy atom. The van der Waals surface area contributed by atoms with Crippen LogP contribution >= 0.6 is 0 Å². The number of benzene rings is 2. The van der Waals surface area contributed by atoms with Crippen LogP contribution in [0.2, 0.25) is 0 Å². The predicted octanol–water partition coefficient (Wildman–Crippen LogP) is 3.10. The van der Waals surface area contributed by atoms with Crippen LogP contribution in [0.5, 0.6) is 0 Å². The van der Waals surface area contributed by atoms with Crippen molar-refractivity contribution in [1.29, 1.82) is 0 Å². The summed E-state index contributed by atoms with van der Waals surface area (Å²) < 4.78 is 1.44. The normalized spacial score (nSPS) is 17.6. The molecule has 0 unspecified atom stereocenters. The minimum absolute atomic E-state index is 0.0476. The van der Waals surface area contributed by atoms with E-state index in [2.05, 4.69) is 0 Å².